The maximum absolute atomic E-state index is 8.72. The van der Waals surface area contributed by atoms with Crippen LogP contribution in [0, 0.1) is 0 Å². The first-order valence-corrected chi connectivity index (χ1v) is 6.43. The van der Waals surface area contributed by atoms with E-state index in [2.05, 4.69) is 10.2 Å². The van der Waals surface area contributed by atoms with Gasteiger partial charge in [-0.15, -0.1) is 0 Å². The number of hydrogen-bond acceptors (Lipinski definition) is 5. The number of benzene rings is 1. The first-order valence-electron chi connectivity index (χ1n) is 6.43. The van der Waals surface area contributed by atoms with E-state index < -0.39 is 0 Å². The molecule has 0 aliphatic rings. The fourth-order valence-corrected chi connectivity index (χ4v) is 1.59. The maximum atomic E-state index is 8.72. The molecule has 0 fully saturated rings. The Morgan fingerprint density at radius 1 is 1.26 bits per heavy atom. The zero-order valence-electron chi connectivity index (χ0n) is 12.0. The zero-order chi connectivity index (χ0) is 14.1. The first kappa shape index (κ1) is 15.8. The normalized spacial score (nSPS) is 10.8. The molecule has 0 spiro atoms. The average Bonchev–Trinajstić information content (AvgIpc) is 2.40. The van der Waals surface area contributed by atoms with Crippen LogP contribution in [0.3, 0.4) is 0 Å². The number of aliphatic hydroxyl groups is 1. The van der Waals surface area contributed by atoms with Gasteiger partial charge in [0.25, 0.3) is 0 Å². The van der Waals surface area contributed by atoms with Crippen molar-refractivity contribution < 1.29 is 14.6 Å². The van der Waals surface area contributed by atoms with E-state index in [-0.39, 0.29) is 6.61 Å². The van der Waals surface area contributed by atoms with Gasteiger partial charge in [-0.2, -0.15) is 0 Å². The number of aliphatic hydroxyl groups excluding tert-OH is 1. The summed E-state index contributed by atoms with van der Waals surface area (Å²) < 4.78 is 11.0. The summed E-state index contributed by atoms with van der Waals surface area (Å²) in [4.78, 5) is 2.07. The highest BCUT2D eigenvalue weighted by molar-refractivity contribution is 5.42. The van der Waals surface area contributed by atoms with Gasteiger partial charge >= 0.3 is 0 Å². The SMILES string of the molecule is COc1cc(CNCCO)ccc1OCCN(C)C. The molecule has 5 heteroatoms. The number of nitrogens with one attached hydrogen (secondary N) is 1. The molecule has 0 saturated heterocycles. The molecule has 0 amide bonds. The molecule has 1 aromatic rings. The van der Waals surface area contributed by atoms with Crippen molar-refractivity contribution in [3.05, 3.63) is 23.8 Å². The second-order valence-electron chi connectivity index (χ2n) is 4.54. The van der Waals surface area contributed by atoms with Gasteiger partial charge in [0.15, 0.2) is 11.5 Å². The summed E-state index contributed by atoms with van der Waals surface area (Å²) in [6, 6.07) is 5.87. The van der Waals surface area contributed by atoms with Gasteiger partial charge in [-0.1, -0.05) is 6.07 Å². The van der Waals surface area contributed by atoms with Gasteiger partial charge in [0.1, 0.15) is 6.61 Å². The summed E-state index contributed by atoms with van der Waals surface area (Å²) in [6.07, 6.45) is 0. The second kappa shape index (κ2) is 8.74. The Labute approximate surface area is 115 Å². The van der Waals surface area contributed by atoms with Crippen LogP contribution in [0.2, 0.25) is 0 Å². The minimum Gasteiger partial charge on any atom is -0.493 e. The molecule has 108 valence electrons. The van der Waals surface area contributed by atoms with Gasteiger partial charge in [-0.05, 0) is 31.8 Å². The van der Waals surface area contributed by atoms with Gasteiger partial charge in [0.2, 0.25) is 0 Å². The Hall–Kier alpha value is -1.30. The van der Waals surface area contributed by atoms with Crippen molar-refractivity contribution in [2.75, 3.05) is 47.5 Å². The van der Waals surface area contributed by atoms with Gasteiger partial charge in [-0.25, -0.2) is 0 Å². The second-order valence-corrected chi connectivity index (χ2v) is 4.54. The Bertz CT molecular complexity index is 370. The largest absolute Gasteiger partial charge is 0.493 e. The lowest BCUT2D eigenvalue weighted by molar-refractivity contribution is 0.250. The Kier molecular flexibility index (Phi) is 7.25. The third kappa shape index (κ3) is 5.92. The van der Waals surface area contributed by atoms with Crippen LogP contribution < -0.4 is 14.8 Å². The number of ether oxygens (including phenoxy) is 2. The number of nitrogens with zero attached hydrogens (tertiary/aromatic N) is 1. The maximum Gasteiger partial charge on any atom is 0.161 e. The zero-order valence-corrected chi connectivity index (χ0v) is 12.0. The van der Waals surface area contributed by atoms with E-state index in [4.69, 9.17) is 14.6 Å². The fraction of sp³-hybridized carbons (Fsp3) is 0.571. The van der Waals surface area contributed by atoms with E-state index in [0.717, 1.165) is 23.6 Å². The van der Waals surface area contributed by atoms with E-state index in [9.17, 15) is 0 Å². The smallest absolute Gasteiger partial charge is 0.161 e. The van der Waals surface area contributed by atoms with E-state index in [1.54, 1.807) is 7.11 Å². The molecule has 0 aliphatic carbocycles. The van der Waals surface area contributed by atoms with Gasteiger partial charge in [-0.3, -0.25) is 0 Å². The molecule has 0 bridgehead atoms. The topological polar surface area (TPSA) is 54.0 Å². The summed E-state index contributed by atoms with van der Waals surface area (Å²) in [6.45, 7) is 2.93. The van der Waals surface area contributed by atoms with Crippen molar-refractivity contribution in [3.63, 3.8) is 0 Å². The van der Waals surface area contributed by atoms with Crippen LogP contribution in [0.4, 0.5) is 0 Å². The Balaban J connectivity index is 2.57. The number of hydrogen-bond donors (Lipinski definition) is 2. The lowest BCUT2D eigenvalue weighted by Crippen LogP contribution is -2.19. The molecule has 0 aliphatic heterocycles. The summed E-state index contributed by atoms with van der Waals surface area (Å²) in [5.41, 5.74) is 1.10. The molecule has 1 aromatic carbocycles. The molecule has 0 aromatic heterocycles. The van der Waals surface area contributed by atoms with Crippen LogP contribution in [-0.4, -0.2) is 57.5 Å². The number of methoxy groups -OCH3 is 1. The van der Waals surface area contributed by atoms with E-state index in [1.165, 1.54) is 0 Å². The van der Waals surface area contributed by atoms with Crippen molar-refractivity contribution in [3.8, 4) is 11.5 Å². The summed E-state index contributed by atoms with van der Waals surface area (Å²) in [7, 11) is 5.66. The van der Waals surface area contributed by atoms with Crippen molar-refractivity contribution in [1.82, 2.24) is 10.2 Å². The molecule has 1 rings (SSSR count). The number of likely N-dealkylation sites (N-methyl/N-ethyl adjacent to an activating group) is 1. The highest BCUT2D eigenvalue weighted by Gasteiger charge is 2.05. The van der Waals surface area contributed by atoms with Crippen LogP contribution in [0.25, 0.3) is 0 Å². The van der Waals surface area contributed by atoms with Crippen molar-refractivity contribution >= 4 is 0 Å². The molecule has 0 radical (unpaired) electrons. The van der Waals surface area contributed by atoms with Gasteiger partial charge in [0.05, 0.1) is 13.7 Å². The van der Waals surface area contributed by atoms with Crippen molar-refractivity contribution in [2.45, 2.75) is 6.54 Å². The van der Waals surface area contributed by atoms with Crippen molar-refractivity contribution in [1.29, 1.82) is 0 Å². The first-order chi connectivity index (χ1) is 9.17. The standard InChI is InChI=1S/C14H24N2O3/c1-16(2)7-9-19-13-5-4-12(10-14(13)18-3)11-15-6-8-17/h4-5,10,15,17H,6-9,11H2,1-3H3. The monoisotopic (exact) mass is 268 g/mol. The van der Waals surface area contributed by atoms with Gasteiger partial charge < -0.3 is 24.8 Å². The quantitative estimate of drug-likeness (QED) is 0.646. The molecule has 19 heavy (non-hydrogen) atoms. The minimum atomic E-state index is 0.142. The Morgan fingerprint density at radius 2 is 2.05 bits per heavy atom. The predicted molar refractivity (Wildman–Crippen MR) is 75.8 cm³/mol. The van der Waals surface area contributed by atoms with E-state index >= 15 is 0 Å². The lowest BCUT2D eigenvalue weighted by Gasteiger charge is -2.14. The molecule has 5 nitrogen and oxygen atoms in total. The third-order valence-electron chi connectivity index (χ3n) is 2.64. The van der Waals surface area contributed by atoms with E-state index in [0.29, 0.717) is 19.7 Å². The summed E-state index contributed by atoms with van der Waals surface area (Å²) >= 11 is 0. The van der Waals surface area contributed by atoms with Crippen LogP contribution in [0.15, 0.2) is 18.2 Å². The highest BCUT2D eigenvalue weighted by atomic mass is 16.5. The lowest BCUT2D eigenvalue weighted by atomic mass is 10.2. The van der Waals surface area contributed by atoms with Crippen LogP contribution in [0.5, 0.6) is 11.5 Å². The summed E-state index contributed by atoms with van der Waals surface area (Å²) in [5.74, 6) is 1.50. The van der Waals surface area contributed by atoms with Crippen LogP contribution in [0.1, 0.15) is 5.56 Å². The van der Waals surface area contributed by atoms with Crippen LogP contribution in [-0.2, 0) is 6.54 Å². The molecule has 0 atom stereocenters. The molecular weight excluding hydrogens is 244 g/mol. The predicted octanol–water partition coefficient (Wildman–Crippen LogP) is 0.717. The number of rotatable bonds is 9. The Morgan fingerprint density at radius 3 is 2.68 bits per heavy atom. The average molecular weight is 268 g/mol. The third-order valence-corrected chi connectivity index (χ3v) is 2.64. The minimum absolute atomic E-state index is 0.142. The van der Waals surface area contributed by atoms with E-state index in [1.807, 2.05) is 32.3 Å². The molecule has 0 heterocycles. The fourth-order valence-electron chi connectivity index (χ4n) is 1.59. The highest BCUT2D eigenvalue weighted by Crippen LogP contribution is 2.27. The molecule has 0 saturated carbocycles. The molecule has 2 N–H and O–H groups in total. The van der Waals surface area contributed by atoms with Crippen molar-refractivity contribution in [2.24, 2.45) is 0 Å². The summed E-state index contributed by atoms with van der Waals surface area (Å²) in [5, 5.41) is 11.8. The molecule has 0 unspecified atom stereocenters. The molecular formula is C14H24N2O3. The van der Waals surface area contributed by atoms with Crippen LogP contribution >= 0.6 is 0 Å². The van der Waals surface area contributed by atoms with Gasteiger partial charge in [0, 0.05) is 19.6 Å².